The Morgan fingerprint density at radius 3 is 3.15 bits per heavy atom. The summed E-state index contributed by atoms with van der Waals surface area (Å²) >= 11 is 0. The zero-order chi connectivity index (χ0) is 9.84. The van der Waals surface area contributed by atoms with E-state index in [1.807, 2.05) is 0 Å². The minimum Gasteiger partial charge on any atom is -0.696 e. The van der Waals surface area contributed by atoms with Crippen LogP contribution in [-0.2, 0) is 0 Å². The van der Waals surface area contributed by atoms with Crippen LogP contribution in [0.4, 0.5) is 5.82 Å². The number of rotatable bonds is 3. The van der Waals surface area contributed by atoms with E-state index < -0.39 is 5.91 Å². The van der Waals surface area contributed by atoms with Gasteiger partial charge < -0.3 is 15.9 Å². The number of carbonyl (C=O) groups excluding carboxylic acids is 1. The lowest BCUT2D eigenvalue weighted by atomic mass is 10.4. The molecule has 70 valence electrons. The minimum atomic E-state index is -0.677. The lowest BCUT2D eigenvalue weighted by Crippen LogP contribution is -2.13. The highest BCUT2D eigenvalue weighted by atomic mass is 16.5. The maximum absolute atomic E-state index is 10.7. The SMILES string of the molecule is C[N+]([O-])=NNc1nc[nH]c1C(N)=O. The summed E-state index contributed by atoms with van der Waals surface area (Å²) in [4.78, 5) is 17.2. The molecule has 1 heterocycles. The molecule has 0 aromatic carbocycles. The van der Waals surface area contributed by atoms with Crippen LogP contribution in [0.15, 0.2) is 11.6 Å². The number of aromatic amines is 1. The van der Waals surface area contributed by atoms with Crippen LogP contribution in [0.1, 0.15) is 10.5 Å². The molecule has 0 radical (unpaired) electrons. The summed E-state index contributed by atoms with van der Waals surface area (Å²) in [6.07, 6.45) is 1.27. The maximum Gasteiger partial charge on any atom is 0.271 e. The van der Waals surface area contributed by atoms with Gasteiger partial charge in [-0.25, -0.2) is 0 Å². The first kappa shape index (κ1) is 8.97. The molecule has 4 N–H and O–H groups in total. The average Bonchev–Trinajstić information content (AvgIpc) is 2.47. The molecule has 0 saturated carbocycles. The van der Waals surface area contributed by atoms with E-state index >= 15 is 0 Å². The van der Waals surface area contributed by atoms with E-state index in [1.54, 1.807) is 0 Å². The first-order valence-corrected chi connectivity index (χ1v) is 3.32. The molecule has 8 heteroatoms. The molecular formula is C5H8N6O2. The standard InChI is InChI=1S/C5H8N6O2/c1-11(13)10-9-5-3(4(6)12)7-2-8-5/h2,9H,1H3,(H2,6,12)(H,7,8). The van der Waals surface area contributed by atoms with Gasteiger partial charge in [0.1, 0.15) is 7.05 Å². The molecule has 0 unspecified atom stereocenters. The van der Waals surface area contributed by atoms with E-state index in [4.69, 9.17) is 5.73 Å². The van der Waals surface area contributed by atoms with Crippen molar-refractivity contribution in [2.45, 2.75) is 0 Å². The van der Waals surface area contributed by atoms with Crippen LogP contribution in [0.3, 0.4) is 0 Å². The maximum atomic E-state index is 10.7. The summed E-state index contributed by atoms with van der Waals surface area (Å²) in [6.45, 7) is 0. The molecule has 0 spiro atoms. The van der Waals surface area contributed by atoms with Crippen LogP contribution in [0.25, 0.3) is 0 Å². The Labute approximate surface area is 73.0 Å². The van der Waals surface area contributed by atoms with Crippen LogP contribution in [0.2, 0.25) is 0 Å². The fraction of sp³-hybridized carbons (Fsp3) is 0.200. The Kier molecular flexibility index (Phi) is 2.43. The van der Waals surface area contributed by atoms with Crippen molar-refractivity contribution in [2.24, 2.45) is 11.0 Å². The molecule has 0 bridgehead atoms. The number of nitrogens with one attached hydrogen (secondary N) is 2. The van der Waals surface area contributed by atoms with E-state index in [9.17, 15) is 10.0 Å². The van der Waals surface area contributed by atoms with Crippen LogP contribution < -0.4 is 11.2 Å². The number of hydroxylamine groups is 1. The van der Waals surface area contributed by atoms with Gasteiger partial charge in [0.25, 0.3) is 11.7 Å². The zero-order valence-corrected chi connectivity index (χ0v) is 6.81. The molecule has 0 aliphatic carbocycles. The van der Waals surface area contributed by atoms with E-state index in [2.05, 4.69) is 20.6 Å². The van der Waals surface area contributed by atoms with E-state index in [1.165, 1.54) is 13.4 Å². The summed E-state index contributed by atoms with van der Waals surface area (Å²) in [6, 6.07) is 0. The van der Waals surface area contributed by atoms with E-state index in [-0.39, 0.29) is 11.5 Å². The van der Waals surface area contributed by atoms with Gasteiger partial charge >= 0.3 is 0 Å². The van der Waals surface area contributed by atoms with Gasteiger partial charge in [0.2, 0.25) is 0 Å². The summed E-state index contributed by atoms with van der Waals surface area (Å²) < 4.78 is 0. The predicted octanol–water partition coefficient (Wildman–Crippen LogP) is -0.572. The molecule has 0 fully saturated rings. The van der Waals surface area contributed by atoms with Gasteiger partial charge in [0.15, 0.2) is 5.69 Å². The highest BCUT2D eigenvalue weighted by Crippen LogP contribution is 2.07. The second kappa shape index (κ2) is 3.52. The van der Waals surface area contributed by atoms with Crippen molar-refractivity contribution in [1.29, 1.82) is 0 Å². The Balaban J connectivity index is 2.83. The third kappa shape index (κ3) is 2.15. The number of nitrogens with two attached hydrogens (primary N) is 1. The zero-order valence-electron chi connectivity index (χ0n) is 6.81. The Bertz CT molecular complexity index is 339. The van der Waals surface area contributed by atoms with Crippen molar-refractivity contribution in [3.63, 3.8) is 0 Å². The Morgan fingerprint density at radius 2 is 2.62 bits per heavy atom. The smallest absolute Gasteiger partial charge is 0.271 e. The fourth-order valence-electron chi connectivity index (χ4n) is 0.685. The minimum absolute atomic E-state index is 0.0746. The van der Waals surface area contributed by atoms with Crippen molar-refractivity contribution < 1.29 is 9.66 Å². The summed E-state index contributed by atoms with van der Waals surface area (Å²) in [5.41, 5.74) is 7.33. The van der Waals surface area contributed by atoms with Crippen LogP contribution in [-0.4, -0.2) is 27.8 Å². The number of imidazole rings is 1. The second-order valence-corrected chi connectivity index (χ2v) is 2.17. The first-order chi connectivity index (χ1) is 6.11. The number of aromatic nitrogens is 2. The molecular weight excluding hydrogens is 176 g/mol. The molecule has 1 rings (SSSR count). The van der Waals surface area contributed by atoms with Crippen molar-refractivity contribution in [3.05, 3.63) is 17.2 Å². The summed E-state index contributed by atoms with van der Waals surface area (Å²) in [5, 5.41) is 13.6. The average molecular weight is 184 g/mol. The second-order valence-electron chi connectivity index (χ2n) is 2.17. The van der Waals surface area contributed by atoms with Gasteiger partial charge in [0.05, 0.1) is 11.6 Å². The quantitative estimate of drug-likeness (QED) is 0.330. The van der Waals surface area contributed by atoms with E-state index in [0.717, 1.165) is 0 Å². The summed E-state index contributed by atoms with van der Waals surface area (Å²) in [5.74, 6) is -0.557. The lowest BCUT2D eigenvalue weighted by molar-refractivity contribution is -0.497. The number of primary amides is 1. The fourth-order valence-corrected chi connectivity index (χ4v) is 0.685. The number of amides is 1. The van der Waals surface area contributed by atoms with Crippen molar-refractivity contribution >= 4 is 11.7 Å². The largest absolute Gasteiger partial charge is 0.696 e. The molecule has 1 aromatic rings. The van der Waals surface area contributed by atoms with Gasteiger partial charge in [0, 0.05) is 0 Å². The van der Waals surface area contributed by atoms with Gasteiger partial charge in [-0.3, -0.25) is 4.79 Å². The number of anilines is 1. The van der Waals surface area contributed by atoms with Crippen LogP contribution >= 0.6 is 0 Å². The number of carbonyl (C=O) groups is 1. The van der Waals surface area contributed by atoms with Crippen LogP contribution in [0.5, 0.6) is 0 Å². The number of H-pyrrole nitrogens is 1. The molecule has 0 saturated heterocycles. The number of hydrogen-bond donors (Lipinski definition) is 3. The monoisotopic (exact) mass is 184 g/mol. The van der Waals surface area contributed by atoms with Crippen molar-refractivity contribution in [1.82, 2.24) is 9.97 Å². The van der Waals surface area contributed by atoms with E-state index in [0.29, 0.717) is 4.86 Å². The van der Waals surface area contributed by atoms with Crippen molar-refractivity contribution in [2.75, 3.05) is 12.5 Å². The molecule has 1 amide bonds. The lowest BCUT2D eigenvalue weighted by Gasteiger charge is -1.95. The highest BCUT2D eigenvalue weighted by Gasteiger charge is 2.13. The molecule has 13 heavy (non-hydrogen) atoms. The normalized spacial score (nSPS) is 11.3. The molecule has 0 atom stereocenters. The van der Waals surface area contributed by atoms with Crippen molar-refractivity contribution in [3.8, 4) is 0 Å². The first-order valence-electron chi connectivity index (χ1n) is 3.32. The Morgan fingerprint density at radius 1 is 1.92 bits per heavy atom. The van der Waals surface area contributed by atoms with Crippen LogP contribution in [0, 0.1) is 5.21 Å². The third-order valence-corrected chi connectivity index (χ3v) is 1.18. The summed E-state index contributed by atoms with van der Waals surface area (Å²) in [7, 11) is 1.18. The third-order valence-electron chi connectivity index (χ3n) is 1.18. The Hall–Kier alpha value is -2.12. The van der Waals surface area contributed by atoms with Gasteiger partial charge in [-0.1, -0.05) is 0 Å². The molecule has 1 aromatic heterocycles. The number of hydrogen-bond acceptors (Lipinski definition) is 4. The van der Waals surface area contributed by atoms with Gasteiger partial charge in [-0.2, -0.15) is 9.84 Å². The topological polar surface area (TPSA) is 122 Å². The molecule has 8 nitrogen and oxygen atoms in total. The van der Waals surface area contributed by atoms with Gasteiger partial charge in [-0.05, 0) is 0 Å². The molecule has 0 aliphatic rings. The predicted molar refractivity (Wildman–Crippen MR) is 42.7 cm³/mol. The molecule has 0 aliphatic heterocycles. The number of nitrogens with zero attached hydrogens (tertiary/aromatic N) is 3. The van der Waals surface area contributed by atoms with Gasteiger partial charge in [-0.15, -0.1) is 5.43 Å². The highest BCUT2D eigenvalue weighted by molar-refractivity contribution is 5.95.